The molecular weight excluding hydrogens is 184 g/mol. The van der Waals surface area contributed by atoms with Crippen LogP contribution in [-0.4, -0.2) is 18.9 Å². The molecule has 0 saturated heterocycles. The fourth-order valence-corrected chi connectivity index (χ4v) is 2.04. The maximum atomic E-state index is 11.5. The third kappa shape index (κ3) is 1.37. The third-order valence-corrected chi connectivity index (χ3v) is 3.11. The van der Waals surface area contributed by atoms with Crippen LogP contribution in [0.2, 0.25) is 0 Å². The first-order valence-corrected chi connectivity index (χ1v) is 5.41. The number of aromatic nitrogens is 2. The van der Waals surface area contributed by atoms with E-state index in [1.54, 1.807) is 10.3 Å². The minimum atomic E-state index is -0.980. The highest BCUT2D eigenvalue weighted by atomic mass is 32.2. The Kier molecular flexibility index (Phi) is 2.14. The molecule has 0 spiro atoms. The van der Waals surface area contributed by atoms with Crippen molar-refractivity contribution in [3.05, 3.63) is 30.6 Å². The summed E-state index contributed by atoms with van der Waals surface area (Å²) in [5, 5.41) is 0. The van der Waals surface area contributed by atoms with E-state index in [1.165, 1.54) is 0 Å². The number of benzene rings is 1. The molecule has 0 fully saturated rings. The van der Waals surface area contributed by atoms with Gasteiger partial charge >= 0.3 is 0 Å². The molecule has 2 rings (SSSR count). The molecular formula is C9H10N2OS. The minimum Gasteiger partial charge on any atom is -0.247 e. The predicted octanol–water partition coefficient (Wildman–Crippen LogP) is 1.57. The Morgan fingerprint density at radius 2 is 2.23 bits per heavy atom. The van der Waals surface area contributed by atoms with Crippen LogP contribution in [0.1, 0.15) is 6.92 Å². The van der Waals surface area contributed by atoms with Gasteiger partial charge in [0.1, 0.15) is 17.3 Å². The number of hydrogen-bond donors (Lipinski definition) is 0. The highest BCUT2D eigenvalue weighted by Gasteiger charge is 2.04. The summed E-state index contributed by atoms with van der Waals surface area (Å²) in [4.78, 5) is 4.16. The highest BCUT2D eigenvalue weighted by Crippen LogP contribution is 2.12. The fraction of sp³-hybridized carbons (Fsp3) is 0.222. The van der Waals surface area contributed by atoms with Gasteiger partial charge in [-0.1, -0.05) is 19.1 Å². The van der Waals surface area contributed by atoms with Crippen LogP contribution >= 0.6 is 0 Å². The maximum Gasteiger partial charge on any atom is 0.125 e. The van der Waals surface area contributed by atoms with E-state index >= 15 is 0 Å². The molecule has 0 aliphatic carbocycles. The molecule has 1 unspecified atom stereocenters. The molecule has 3 nitrogen and oxygen atoms in total. The number of nitrogens with zero attached hydrogens (tertiary/aromatic N) is 2. The van der Waals surface area contributed by atoms with Gasteiger partial charge in [0, 0.05) is 5.75 Å². The van der Waals surface area contributed by atoms with Gasteiger partial charge in [0.25, 0.3) is 0 Å². The molecule has 2 aromatic rings. The average Bonchev–Trinajstić information content (AvgIpc) is 2.60. The van der Waals surface area contributed by atoms with Crippen molar-refractivity contribution in [3.8, 4) is 0 Å². The van der Waals surface area contributed by atoms with Gasteiger partial charge in [0.05, 0.1) is 11.0 Å². The van der Waals surface area contributed by atoms with Gasteiger partial charge in [-0.3, -0.25) is 0 Å². The van der Waals surface area contributed by atoms with E-state index in [0.717, 1.165) is 11.0 Å². The Labute approximate surface area is 79.0 Å². The summed E-state index contributed by atoms with van der Waals surface area (Å²) in [5.41, 5.74) is 1.83. The van der Waals surface area contributed by atoms with Crippen molar-refractivity contribution in [1.29, 1.82) is 0 Å². The first-order valence-electron chi connectivity index (χ1n) is 4.14. The molecule has 1 atom stereocenters. The van der Waals surface area contributed by atoms with Crippen molar-refractivity contribution < 1.29 is 4.21 Å². The number of hydrogen-bond acceptors (Lipinski definition) is 2. The van der Waals surface area contributed by atoms with Crippen LogP contribution in [0.3, 0.4) is 0 Å². The third-order valence-electron chi connectivity index (χ3n) is 1.89. The number of rotatable bonds is 2. The fourth-order valence-electron chi connectivity index (χ4n) is 1.24. The molecule has 0 radical (unpaired) electrons. The van der Waals surface area contributed by atoms with E-state index in [1.807, 2.05) is 31.2 Å². The summed E-state index contributed by atoms with van der Waals surface area (Å²) in [7, 11) is -0.980. The second kappa shape index (κ2) is 3.30. The second-order valence-electron chi connectivity index (χ2n) is 2.67. The average molecular weight is 194 g/mol. The molecule has 1 aromatic heterocycles. The lowest BCUT2D eigenvalue weighted by atomic mass is 10.3. The predicted molar refractivity (Wildman–Crippen MR) is 53.8 cm³/mol. The summed E-state index contributed by atoms with van der Waals surface area (Å²) in [6, 6.07) is 7.69. The van der Waals surface area contributed by atoms with Crippen LogP contribution in [0.15, 0.2) is 30.6 Å². The Balaban J connectivity index is 2.64. The molecule has 0 aliphatic rings. The molecule has 68 valence electrons. The normalized spacial score (nSPS) is 13.3. The van der Waals surface area contributed by atoms with Gasteiger partial charge in [0.2, 0.25) is 0 Å². The summed E-state index contributed by atoms with van der Waals surface area (Å²) in [6.45, 7) is 1.89. The summed E-state index contributed by atoms with van der Waals surface area (Å²) >= 11 is 0. The van der Waals surface area contributed by atoms with E-state index in [0.29, 0.717) is 5.75 Å². The van der Waals surface area contributed by atoms with E-state index in [9.17, 15) is 4.21 Å². The zero-order chi connectivity index (χ0) is 9.26. The first-order chi connectivity index (χ1) is 6.33. The summed E-state index contributed by atoms with van der Waals surface area (Å²) < 4.78 is 13.2. The Morgan fingerprint density at radius 3 is 3.00 bits per heavy atom. The Hall–Kier alpha value is -1.16. The molecule has 0 aliphatic heterocycles. The lowest BCUT2D eigenvalue weighted by Gasteiger charge is -1.99. The largest absolute Gasteiger partial charge is 0.247 e. The molecule has 1 heterocycles. The standard InChI is InChI=1S/C9H10N2OS/c1-2-13(12)11-7-10-8-5-3-4-6-9(8)11/h3-7H,2H2,1H3. The van der Waals surface area contributed by atoms with Gasteiger partial charge < -0.3 is 0 Å². The van der Waals surface area contributed by atoms with Crippen LogP contribution in [0.5, 0.6) is 0 Å². The van der Waals surface area contributed by atoms with Crippen molar-refractivity contribution in [2.24, 2.45) is 0 Å². The van der Waals surface area contributed by atoms with Gasteiger partial charge in [-0.25, -0.2) is 13.2 Å². The molecule has 0 bridgehead atoms. The summed E-state index contributed by atoms with van der Waals surface area (Å²) in [6.07, 6.45) is 1.63. The van der Waals surface area contributed by atoms with Crippen molar-refractivity contribution in [2.75, 3.05) is 5.75 Å². The topological polar surface area (TPSA) is 34.9 Å². The zero-order valence-corrected chi connectivity index (χ0v) is 8.12. The first kappa shape index (κ1) is 8.44. The monoisotopic (exact) mass is 194 g/mol. The highest BCUT2D eigenvalue weighted by molar-refractivity contribution is 7.83. The van der Waals surface area contributed by atoms with Crippen LogP contribution in [-0.2, 0) is 11.0 Å². The number of imidazole rings is 1. The molecule has 1 aromatic carbocycles. The van der Waals surface area contributed by atoms with Gasteiger partial charge in [0.15, 0.2) is 0 Å². The Morgan fingerprint density at radius 1 is 1.46 bits per heavy atom. The molecule has 13 heavy (non-hydrogen) atoms. The van der Waals surface area contributed by atoms with Crippen molar-refractivity contribution in [2.45, 2.75) is 6.92 Å². The number of para-hydroxylation sites is 2. The lowest BCUT2D eigenvalue weighted by Crippen LogP contribution is -2.04. The van der Waals surface area contributed by atoms with E-state index in [2.05, 4.69) is 4.98 Å². The van der Waals surface area contributed by atoms with Crippen LogP contribution in [0, 0.1) is 0 Å². The molecule has 0 saturated carbocycles. The number of fused-ring (bicyclic) bond motifs is 1. The maximum absolute atomic E-state index is 11.5. The smallest absolute Gasteiger partial charge is 0.125 e. The quantitative estimate of drug-likeness (QED) is 0.727. The van der Waals surface area contributed by atoms with Crippen molar-refractivity contribution in [3.63, 3.8) is 0 Å². The summed E-state index contributed by atoms with van der Waals surface area (Å²) in [5.74, 6) is 0.611. The second-order valence-corrected chi connectivity index (χ2v) is 4.28. The molecule has 4 heteroatoms. The lowest BCUT2D eigenvalue weighted by molar-refractivity contribution is 0.679. The molecule has 0 amide bonds. The van der Waals surface area contributed by atoms with Crippen molar-refractivity contribution >= 4 is 22.0 Å². The van der Waals surface area contributed by atoms with Crippen LogP contribution < -0.4 is 0 Å². The van der Waals surface area contributed by atoms with Gasteiger partial charge in [-0.05, 0) is 12.1 Å². The SMILES string of the molecule is CCS(=O)n1cnc2ccccc21. The zero-order valence-electron chi connectivity index (χ0n) is 7.30. The van der Waals surface area contributed by atoms with E-state index in [-0.39, 0.29) is 0 Å². The van der Waals surface area contributed by atoms with Gasteiger partial charge in [-0.15, -0.1) is 0 Å². The van der Waals surface area contributed by atoms with Gasteiger partial charge in [-0.2, -0.15) is 0 Å². The minimum absolute atomic E-state index is 0.611. The van der Waals surface area contributed by atoms with E-state index < -0.39 is 11.0 Å². The molecule has 0 N–H and O–H groups in total. The van der Waals surface area contributed by atoms with Crippen molar-refractivity contribution in [1.82, 2.24) is 8.96 Å². The Bertz CT molecular complexity index is 450. The van der Waals surface area contributed by atoms with Crippen LogP contribution in [0.4, 0.5) is 0 Å². The van der Waals surface area contributed by atoms with E-state index in [4.69, 9.17) is 0 Å². The van der Waals surface area contributed by atoms with Crippen LogP contribution in [0.25, 0.3) is 11.0 Å².